The van der Waals surface area contributed by atoms with E-state index in [0.717, 1.165) is 19.3 Å². The molecular formula is C14H19NO4. The second-order valence-corrected chi connectivity index (χ2v) is 4.85. The van der Waals surface area contributed by atoms with Gasteiger partial charge in [-0.25, -0.2) is 0 Å². The number of carbonyl (C=O) groups excluding carboxylic acids is 1. The number of aromatic hydroxyl groups is 1. The molecule has 3 N–H and O–H groups in total. The zero-order valence-corrected chi connectivity index (χ0v) is 10.9. The number of amides is 1. The molecule has 2 rings (SSSR count). The first-order chi connectivity index (χ1) is 9.11. The summed E-state index contributed by atoms with van der Waals surface area (Å²) in [6.45, 7) is 0.436. The van der Waals surface area contributed by atoms with Gasteiger partial charge >= 0.3 is 0 Å². The van der Waals surface area contributed by atoms with E-state index in [0.29, 0.717) is 12.3 Å². The molecule has 0 bridgehead atoms. The largest absolute Gasteiger partial charge is 0.507 e. The molecule has 1 fully saturated rings. The first-order valence-corrected chi connectivity index (χ1v) is 6.45. The Kier molecular flexibility index (Phi) is 4.27. The summed E-state index contributed by atoms with van der Waals surface area (Å²) in [6, 6.07) is 4.55. The summed E-state index contributed by atoms with van der Waals surface area (Å²) in [5.41, 5.74) is 0.216. The molecule has 0 saturated heterocycles. The maximum absolute atomic E-state index is 11.9. The van der Waals surface area contributed by atoms with Crippen LogP contribution in [0.25, 0.3) is 0 Å². The molecule has 1 aliphatic rings. The SMILES string of the molecule is COc1ccc(C(=O)NCC2CCCC2O)c(O)c1. The average Bonchev–Trinajstić information content (AvgIpc) is 2.81. The van der Waals surface area contributed by atoms with Gasteiger partial charge in [0, 0.05) is 18.5 Å². The lowest BCUT2D eigenvalue weighted by Gasteiger charge is -2.15. The zero-order chi connectivity index (χ0) is 13.8. The van der Waals surface area contributed by atoms with Gasteiger partial charge in [0.15, 0.2) is 0 Å². The molecule has 0 aliphatic heterocycles. The summed E-state index contributed by atoms with van der Waals surface area (Å²) >= 11 is 0. The van der Waals surface area contributed by atoms with Crippen molar-refractivity contribution in [1.29, 1.82) is 0 Å². The number of hydrogen-bond donors (Lipinski definition) is 3. The smallest absolute Gasteiger partial charge is 0.255 e. The monoisotopic (exact) mass is 265 g/mol. The Labute approximate surface area is 112 Å². The van der Waals surface area contributed by atoms with Gasteiger partial charge in [-0.05, 0) is 25.0 Å². The quantitative estimate of drug-likeness (QED) is 0.766. The van der Waals surface area contributed by atoms with Gasteiger partial charge in [-0.3, -0.25) is 4.79 Å². The molecule has 5 nitrogen and oxygen atoms in total. The second-order valence-electron chi connectivity index (χ2n) is 4.85. The maximum atomic E-state index is 11.9. The highest BCUT2D eigenvalue weighted by atomic mass is 16.5. The fraction of sp³-hybridized carbons (Fsp3) is 0.500. The number of methoxy groups -OCH3 is 1. The van der Waals surface area contributed by atoms with E-state index < -0.39 is 0 Å². The van der Waals surface area contributed by atoms with Crippen LogP contribution in [0.3, 0.4) is 0 Å². The van der Waals surface area contributed by atoms with Crippen LogP contribution in [0.1, 0.15) is 29.6 Å². The van der Waals surface area contributed by atoms with E-state index in [1.165, 1.54) is 19.2 Å². The molecule has 104 valence electrons. The van der Waals surface area contributed by atoms with Gasteiger partial charge < -0.3 is 20.3 Å². The average molecular weight is 265 g/mol. The number of ether oxygens (including phenoxy) is 1. The lowest BCUT2D eigenvalue weighted by atomic mass is 10.1. The van der Waals surface area contributed by atoms with Crippen LogP contribution in [0.2, 0.25) is 0 Å². The molecule has 0 spiro atoms. The van der Waals surface area contributed by atoms with E-state index in [2.05, 4.69) is 5.32 Å². The molecule has 0 aromatic heterocycles. The standard InChI is InChI=1S/C14H19NO4/c1-19-10-5-6-11(13(17)7-10)14(18)15-8-9-3-2-4-12(9)16/h5-7,9,12,16-17H,2-4,8H2,1H3,(H,15,18). The predicted molar refractivity (Wildman–Crippen MR) is 70.3 cm³/mol. The van der Waals surface area contributed by atoms with E-state index in [4.69, 9.17) is 4.74 Å². The van der Waals surface area contributed by atoms with E-state index >= 15 is 0 Å². The Morgan fingerprint density at radius 1 is 1.47 bits per heavy atom. The number of hydrogen-bond acceptors (Lipinski definition) is 4. The second kappa shape index (κ2) is 5.93. The summed E-state index contributed by atoms with van der Waals surface area (Å²) < 4.78 is 4.96. The number of phenolic OH excluding ortho intramolecular Hbond substituents is 1. The minimum absolute atomic E-state index is 0.108. The third kappa shape index (κ3) is 3.17. The molecule has 1 aromatic rings. The molecule has 1 amide bonds. The Morgan fingerprint density at radius 3 is 2.84 bits per heavy atom. The maximum Gasteiger partial charge on any atom is 0.255 e. The van der Waals surface area contributed by atoms with Gasteiger partial charge in [0.25, 0.3) is 5.91 Å². The van der Waals surface area contributed by atoms with Crippen LogP contribution in [0, 0.1) is 5.92 Å². The van der Waals surface area contributed by atoms with Crippen molar-refractivity contribution in [2.45, 2.75) is 25.4 Å². The Hall–Kier alpha value is -1.75. The summed E-state index contributed by atoms with van der Waals surface area (Å²) in [5.74, 6) is 0.174. The fourth-order valence-electron chi connectivity index (χ4n) is 2.40. The highest BCUT2D eigenvalue weighted by Crippen LogP contribution is 2.26. The van der Waals surface area contributed by atoms with Crippen molar-refractivity contribution in [3.63, 3.8) is 0 Å². The predicted octanol–water partition coefficient (Wildman–Crippen LogP) is 1.29. The van der Waals surface area contributed by atoms with Crippen molar-refractivity contribution in [3.05, 3.63) is 23.8 Å². The lowest BCUT2D eigenvalue weighted by molar-refractivity contribution is 0.0914. The van der Waals surface area contributed by atoms with Gasteiger partial charge in [-0.1, -0.05) is 6.42 Å². The summed E-state index contributed by atoms with van der Waals surface area (Å²) in [4.78, 5) is 11.9. The van der Waals surface area contributed by atoms with Crippen LogP contribution in [-0.2, 0) is 0 Å². The van der Waals surface area contributed by atoms with Crippen LogP contribution in [-0.4, -0.2) is 35.9 Å². The van der Waals surface area contributed by atoms with Crippen molar-refractivity contribution in [2.24, 2.45) is 5.92 Å². The minimum Gasteiger partial charge on any atom is -0.507 e. The molecule has 19 heavy (non-hydrogen) atoms. The Bertz CT molecular complexity index is 461. The molecule has 2 unspecified atom stereocenters. The number of rotatable bonds is 4. The van der Waals surface area contributed by atoms with Gasteiger partial charge in [0.05, 0.1) is 18.8 Å². The van der Waals surface area contributed by atoms with Crippen molar-refractivity contribution in [2.75, 3.05) is 13.7 Å². The van der Waals surface area contributed by atoms with Crippen LogP contribution in [0.5, 0.6) is 11.5 Å². The molecule has 5 heteroatoms. The normalized spacial score (nSPS) is 22.2. The molecular weight excluding hydrogens is 246 g/mol. The van der Waals surface area contributed by atoms with Crippen molar-refractivity contribution >= 4 is 5.91 Å². The number of phenols is 1. The Morgan fingerprint density at radius 2 is 2.26 bits per heavy atom. The van der Waals surface area contributed by atoms with Crippen LogP contribution >= 0.6 is 0 Å². The molecule has 1 saturated carbocycles. The lowest BCUT2D eigenvalue weighted by Crippen LogP contribution is -2.32. The molecule has 1 aliphatic carbocycles. The van der Waals surface area contributed by atoms with Crippen LogP contribution in [0.15, 0.2) is 18.2 Å². The number of nitrogens with one attached hydrogen (secondary N) is 1. The molecule has 0 heterocycles. The van der Waals surface area contributed by atoms with Crippen molar-refractivity contribution in [1.82, 2.24) is 5.32 Å². The Balaban J connectivity index is 1.96. The highest BCUT2D eigenvalue weighted by Gasteiger charge is 2.25. The summed E-state index contributed by atoms with van der Waals surface area (Å²) in [5, 5.41) is 22.2. The van der Waals surface area contributed by atoms with Gasteiger partial charge in [-0.2, -0.15) is 0 Å². The summed E-state index contributed by atoms with van der Waals surface area (Å²) in [6.07, 6.45) is 2.39. The first-order valence-electron chi connectivity index (χ1n) is 6.45. The molecule has 0 radical (unpaired) electrons. The van der Waals surface area contributed by atoms with Crippen molar-refractivity contribution in [3.8, 4) is 11.5 Å². The van der Waals surface area contributed by atoms with Crippen LogP contribution in [0.4, 0.5) is 0 Å². The van der Waals surface area contributed by atoms with Gasteiger partial charge in [-0.15, -0.1) is 0 Å². The number of aliphatic hydroxyl groups is 1. The van der Waals surface area contributed by atoms with E-state index in [1.807, 2.05) is 0 Å². The number of benzene rings is 1. The van der Waals surface area contributed by atoms with E-state index in [9.17, 15) is 15.0 Å². The van der Waals surface area contributed by atoms with E-state index in [1.54, 1.807) is 6.07 Å². The topological polar surface area (TPSA) is 78.8 Å². The van der Waals surface area contributed by atoms with E-state index in [-0.39, 0.29) is 29.2 Å². The fourth-order valence-corrected chi connectivity index (χ4v) is 2.40. The number of aliphatic hydroxyl groups excluding tert-OH is 1. The first kappa shape index (κ1) is 13.7. The van der Waals surface area contributed by atoms with Gasteiger partial charge in [0.1, 0.15) is 11.5 Å². The summed E-state index contributed by atoms with van der Waals surface area (Å²) in [7, 11) is 1.50. The number of carbonyl (C=O) groups is 1. The van der Waals surface area contributed by atoms with Gasteiger partial charge in [0.2, 0.25) is 0 Å². The third-order valence-corrected chi connectivity index (χ3v) is 3.59. The van der Waals surface area contributed by atoms with Crippen molar-refractivity contribution < 1.29 is 19.7 Å². The van der Waals surface area contributed by atoms with Crippen LogP contribution < -0.4 is 10.1 Å². The molecule has 2 atom stereocenters. The zero-order valence-electron chi connectivity index (χ0n) is 10.9. The highest BCUT2D eigenvalue weighted by molar-refractivity contribution is 5.97. The third-order valence-electron chi connectivity index (χ3n) is 3.59. The molecule has 1 aromatic carbocycles. The minimum atomic E-state index is -0.334.